The maximum absolute atomic E-state index is 13.1. The van der Waals surface area contributed by atoms with Gasteiger partial charge >= 0.3 is 0 Å². The summed E-state index contributed by atoms with van der Waals surface area (Å²) in [5.74, 6) is 0.403. The number of benzene rings is 1. The van der Waals surface area contributed by atoms with Crippen molar-refractivity contribution < 1.29 is 22.7 Å². The molecule has 1 atom stereocenters. The first-order chi connectivity index (χ1) is 14.5. The second-order valence-electron chi connectivity index (χ2n) is 7.48. The molecule has 2 aliphatic heterocycles. The average Bonchev–Trinajstić information content (AvgIpc) is 3.29. The van der Waals surface area contributed by atoms with Gasteiger partial charge in [-0.1, -0.05) is 0 Å². The molecule has 0 spiro atoms. The maximum atomic E-state index is 13.1. The Morgan fingerprint density at radius 3 is 2.63 bits per heavy atom. The molecule has 1 aromatic carbocycles. The van der Waals surface area contributed by atoms with Gasteiger partial charge in [0, 0.05) is 32.1 Å². The molecular formula is C20H26N4O5S. The second kappa shape index (κ2) is 8.75. The van der Waals surface area contributed by atoms with Gasteiger partial charge in [-0.05, 0) is 37.1 Å². The van der Waals surface area contributed by atoms with Crippen molar-refractivity contribution in [2.24, 2.45) is 0 Å². The van der Waals surface area contributed by atoms with E-state index in [2.05, 4.69) is 10.2 Å². The van der Waals surface area contributed by atoms with Crippen molar-refractivity contribution in [3.05, 3.63) is 41.7 Å². The lowest BCUT2D eigenvalue weighted by Gasteiger charge is -2.32. The normalized spacial score (nSPS) is 20.8. The highest BCUT2D eigenvalue weighted by molar-refractivity contribution is 7.89. The molecule has 1 amide bonds. The maximum Gasteiger partial charge on any atom is 0.257 e. The summed E-state index contributed by atoms with van der Waals surface area (Å²) >= 11 is 0. The molecule has 4 rings (SSSR count). The van der Waals surface area contributed by atoms with E-state index in [1.165, 1.54) is 4.31 Å². The van der Waals surface area contributed by atoms with Crippen molar-refractivity contribution in [3.63, 3.8) is 0 Å². The Hall–Kier alpha value is -2.43. The van der Waals surface area contributed by atoms with Crippen LogP contribution >= 0.6 is 0 Å². The molecule has 1 N–H and O–H groups in total. The SMILES string of the molecule is COc1ccc(S(=O)(=O)N2CCC[C@@H](c3[nH]ncc3C(=O)N3CCOCC3)C2)cc1. The molecule has 162 valence electrons. The Balaban J connectivity index is 1.53. The van der Waals surface area contributed by atoms with E-state index in [1.54, 1.807) is 42.5 Å². The fraction of sp³-hybridized carbons (Fsp3) is 0.500. The van der Waals surface area contributed by atoms with Gasteiger partial charge in [-0.25, -0.2) is 8.42 Å². The third kappa shape index (κ3) is 4.07. The lowest BCUT2D eigenvalue weighted by Crippen LogP contribution is -2.42. The zero-order valence-corrected chi connectivity index (χ0v) is 17.7. The topological polar surface area (TPSA) is 105 Å². The highest BCUT2D eigenvalue weighted by atomic mass is 32.2. The first kappa shape index (κ1) is 20.8. The second-order valence-corrected chi connectivity index (χ2v) is 9.42. The summed E-state index contributed by atoms with van der Waals surface area (Å²) in [5, 5.41) is 7.05. The van der Waals surface area contributed by atoms with Crippen LogP contribution in [-0.4, -0.2) is 80.2 Å². The van der Waals surface area contributed by atoms with Crippen LogP contribution in [0.3, 0.4) is 0 Å². The number of morpholine rings is 1. The van der Waals surface area contributed by atoms with Crippen molar-refractivity contribution in [1.82, 2.24) is 19.4 Å². The predicted octanol–water partition coefficient (Wildman–Crippen LogP) is 1.46. The van der Waals surface area contributed by atoms with Crippen molar-refractivity contribution in [3.8, 4) is 5.75 Å². The molecule has 0 saturated carbocycles. The standard InChI is InChI=1S/C20H26N4O5S/c1-28-16-4-6-17(7-5-16)30(26,27)24-8-2-3-15(14-24)19-18(13-21-22-19)20(25)23-9-11-29-12-10-23/h4-7,13,15H,2-3,8-12,14H2,1H3,(H,21,22)/t15-/m1/s1. The van der Waals surface area contributed by atoms with E-state index >= 15 is 0 Å². The average molecular weight is 435 g/mol. The summed E-state index contributed by atoms with van der Waals surface area (Å²) in [6.45, 7) is 2.90. The van der Waals surface area contributed by atoms with Gasteiger partial charge in [-0.3, -0.25) is 9.89 Å². The molecule has 2 aliphatic rings. The van der Waals surface area contributed by atoms with Crippen molar-refractivity contribution in [1.29, 1.82) is 0 Å². The Kier molecular flexibility index (Phi) is 6.07. The third-order valence-electron chi connectivity index (χ3n) is 5.69. The van der Waals surface area contributed by atoms with Crippen LogP contribution < -0.4 is 4.74 Å². The number of H-pyrrole nitrogens is 1. The number of nitrogens with zero attached hydrogens (tertiary/aromatic N) is 3. The number of nitrogens with one attached hydrogen (secondary N) is 1. The van der Waals surface area contributed by atoms with Crippen LogP contribution in [-0.2, 0) is 14.8 Å². The number of hydrogen-bond acceptors (Lipinski definition) is 6. The largest absolute Gasteiger partial charge is 0.497 e. The fourth-order valence-electron chi connectivity index (χ4n) is 4.01. The van der Waals surface area contributed by atoms with Crippen LogP contribution in [0.1, 0.15) is 34.8 Å². The lowest BCUT2D eigenvalue weighted by atomic mass is 9.93. The van der Waals surface area contributed by atoms with E-state index in [-0.39, 0.29) is 16.7 Å². The summed E-state index contributed by atoms with van der Waals surface area (Å²) in [6.07, 6.45) is 3.05. The zero-order valence-electron chi connectivity index (χ0n) is 16.9. The van der Waals surface area contributed by atoms with Crippen molar-refractivity contribution in [2.75, 3.05) is 46.5 Å². The van der Waals surface area contributed by atoms with E-state index < -0.39 is 10.0 Å². The van der Waals surface area contributed by atoms with E-state index in [4.69, 9.17) is 9.47 Å². The van der Waals surface area contributed by atoms with E-state index in [0.717, 1.165) is 6.42 Å². The smallest absolute Gasteiger partial charge is 0.257 e. The summed E-state index contributed by atoms with van der Waals surface area (Å²) in [6, 6.07) is 6.40. The number of hydrogen-bond donors (Lipinski definition) is 1. The quantitative estimate of drug-likeness (QED) is 0.764. The minimum Gasteiger partial charge on any atom is -0.497 e. The van der Waals surface area contributed by atoms with E-state index in [9.17, 15) is 13.2 Å². The van der Waals surface area contributed by atoms with Gasteiger partial charge in [0.2, 0.25) is 10.0 Å². The Morgan fingerprint density at radius 2 is 1.93 bits per heavy atom. The van der Waals surface area contributed by atoms with Crippen LogP contribution in [0, 0.1) is 0 Å². The molecule has 0 unspecified atom stereocenters. The monoisotopic (exact) mass is 434 g/mol. The first-order valence-electron chi connectivity index (χ1n) is 10.0. The number of sulfonamides is 1. The van der Waals surface area contributed by atoms with Gasteiger partial charge in [-0.2, -0.15) is 9.40 Å². The predicted molar refractivity (Wildman–Crippen MR) is 109 cm³/mol. The number of carbonyl (C=O) groups is 1. The number of piperidine rings is 1. The van der Waals surface area contributed by atoms with Gasteiger partial charge < -0.3 is 14.4 Å². The van der Waals surface area contributed by atoms with Gasteiger partial charge in [-0.15, -0.1) is 0 Å². The number of carbonyl (C=O) groups excluding carboxylic acids is 1. The summed E-state index contributed by atoms with van der Waals surface area (Å²) in [5.41, 5.74) is 1.23. The van der Waals surface area contributed by atoms with Crippen LogP contribution in [0.5, 0.6) is 5.75 Å². The van der Waals surface area contributed by atoms with Crippen LogP contribution in [0.4, 0.5) is 0 Å². The Morgan fingerprint density at radius 1 is 1.20 bits per heavy atom. The number of methoxy groups -OCH3 is 1. The molecule has 1 aromatic heterocycles. The van der Waals surface area contributed by atoms with Crippen molar-refractivity contribution in [2.45, 2.75) is 23.7 Å². The zero-order chi connectivity index (χ0) is 21.1. The molecular weight excluding hydrogens is 408 g/mol. The Labute approximate surface area is 176 Å². The molecule has 2 saturated heterocycles. The third-order valence-corrected chi connectivity index (χ3v) is 7.57. The highest BCUT2D eigenvalue weighted by Crippen LogP contribution is 2.31. The Bertz CT molecular complexity index is 983. The number of aromatic nitrogens is 2. The van der Waals surface area contributed by atoms with Gasteiger partial charge in [0.25, 0.3) is 5.91 Å². The van der Waals surface area contributed by atoms with E-state index in [1.807, 2.05) is 0 Å². The molecule has 30 heavy (non-hydrogen) atoms. The van der Waals surface area contributed by atoms with E-state index in [0.29, 0.717) is 62.8 Å². The fourth-order valence-corrected chi connectivity index (χ4v) is 5.53. The molecule has 0 radical (unpaired) electrons. The highest BCUT2D eigenvalue weighted by Gasteiger charge is 2.34. The number of ether oxygens (including phenoxy) is 2. The lowest BCUT2D eigenvalue weighted by molar-refractivity contribution is 0.0301. The molecule has 0 bridgehead atoms. The molecule has 3 heterocycles. The minimum atomic E-state index is -3.63. The summed E-state index contributed by atoms with van der Waals surface area (Å²) < 4.78 is 38.2. The molecule has 10 heteroatoms. The first-order valence-corrected chi connectivity index (χ1v) is 11.5. The van der Waals surface area contributed by atoms with Crippen molar-refractivity contribution >= 4 is 15.9 Å². The van der Waals surface area contributed by atoms with Crippen LogP contribution in [0.15, 0.2) is 35.4 Å². The van der Waals surface area contributed by atoms with Crippen LogP contribution in [0.25, 0.3) is 0 Å². The van der Waals surface area contributed by atoms with Gasteiger partial charge in [0.05, 0.1) is 42.7 Å². The van der Waals surface area contributed by atoms with Gasteiger partial charge in [0.1, 0.15) is 5.75 Å². The number of rotatable bonds is 5. The minimum absolute atomic E-state index is 0.0859. The summed E-state index contributed by atoms with van der Waals surface area (Å²) in [4.78, 5) is 14.9. The number of aromatic amines is 1. The van der Waals surface area contributed by atoms with Crippen LogP contribution in [0.2, 0.25) is 0 Å². The summed E-state index contributed by atoms with van der Waals surface area (Å²) in [7, 11) is -2.09. The molecule has 2 fully saturated rings. The molecule has 2 aromatic rings. The molecule has 9 nitrogen and oxygen atoms in total. The van der Waals surface area contributed by atoms with Gasteiger partial charge in [0.15, 0.2) is 0 Å². The number of amides is 1. The molecule has 0 aliphatic carbocycles.